The van der Waals surface area contributed by atoms with Crippen molar-refractivity contribution in [3.05, 3.63) is 53.9 Å². The lowest BCUT2D eigenvalue weighted by Gasteiger charge is -2.13. The molecule has 1 heterocycles. The summed E-state index contributed by atoms with van der Waals surface area (Å²) in [5.74, 6) is 1.16. The van der Waals surface area contributed by atoms with Crippen LogP contribution in [0.2, 0.25) is 0 Å². The summed E-state index contributed by atoms with van der Waals surface area (Å²) in [6.45, 7) is 1.90. The Morgan fingerprint density at radius 1 is 1.14 bits per heavy atom. The van der Waals surface area contributed by atoms with E-state index in [0.29, 0.717) is 20.8 Å². The SMILES string of the molecule is COc1ccc(Cn2c(=O)c(C)c(I)n(C)c2=O)cc1OC. The first-order chi connectivity index (χ1) is 10.4. The number of benzene rings is 1. The Balaban J connectivity index is 2.53. The van der Waals surface area contributed by atoms with Gasteiger partial charge in [0, 0.05) is 12.6 Å². The molecule has 2 aromatic rings. The van der Waals surface area contributed by atoms with E-state index in [2.05, 4.69) is 0 Å². The van der Waals surface area contributed by atoms with Gasteiger partial charge in [-0.25, -0.2) is 4.79 Å². The zero-order chi connectivity index (χ0) is 16.4. The second-order valence-corrected chi connectivity index (χ2v) is 5.86. The molecule has 1 aromatic heterocycles. The molecule has 7 heteroatoms. The van der Waals surface area contributed by atoms with Crippen LogP contribution in [0, 0.1) is 10.6 Å². The molecule has 0 aliphatic heterocycles. The highest BCUT2D eigenvalue weighted by atomic mass is 127. The van der Waals surface area contributed by atoms with Crippen molar-refractivity contribution in [3.63, 3.8) is 0 Å². The summed E-state index contributed by atoms with van der Waals surface area (Å²) in [7, 11) is 4.75. The molecule has 0 atom stereocenters. The first-order valence-electron chi connectivity index (χ1n) is 6.57. The number of hydrogen-bond acceptors (Lipinski definition) is 4. The van der Waals surface area contributed by atoms with Crippen LogP contribution in [-0.4, -0.2) is 23.4 Å². The van der Waals surface area contributed by atoms with Crippen molar-refractivity contribution in [3.8, 4) is 11.5 Å². The number of methoxy groups -OCH3 is 2. The summed E-state index contributed by atoms with van der Waals surface area (Å²) in [4.78, 5) is 24.6. The van der Waals surface area contributed by atoms with Gasteiger partial charge >= 0.3 is 5.69 Å². The molecule has 0 saturated carbocycles. The summed E-state index contributed by atoms with van der Waals surface area (Å²) in [5, 5.41) is 0. The van der Waals surface area contributed by atoms with Crippen LogP contribution in [0.15, 0.2) is 27.8 Å². The third-order valence-corrected chi connectivity index (χ3v) is 5.01. The maximum Gasteiger partial charge on any atom is 0.331 e. The summed E-state index contributed by atoms with van der Waals surface area (Å²) in [5.41, 5.74) is 0.734. The molecule has 6 nitrogen and oxygen atoms in total. The highest BCUT2D eigenvalue weighted by Crippen LogP contribution is 2.27. The maximum atomic E-state index is 12.3. The van der Waals surface area contributed by atoms with E-state index < -0.39 is 0 Å². The second kappa shape index (κ2) is 6.55. The standard InChI is InChI=1S/C15H17IN2O4/c1-9-13(16)17(2)15(20)18(14(9)19)8-10-5-6-11(21-3)12(7-10)22-4/h5-7H,8H2,1-4H3. The van der Waals surface area contributed by atoms with Gasteiger partial charge in [-0.1, -0.05) is 6.07 Å². The first-order valence-corrected chi connectivity index (χ1v) is 7.65. The van der Waals surface area contributed by atoms with Crippen molar-refractivity contribution in [1.29, 1.82) is 0 Å². The van der Waals surface area contributed by atoms with E-state index >= 15 is 0 Å². The molecule has 0 amide bonds. The van der Waals surface area contributed by atoms with Crippen molar-refractivity contribution < 1.29 is 9.47 Å². The number of hydrogen-bond donors (Lipinski definition) is 0. The molecule has 2 rings (SSSR count). The number of aromatic nitrogens is 2. The lowest BCUT2D eigenvalue weighted by molar-refractivity contribution is 0.354. The quantitative estimate of drug-likeness (QED) is 0.561. The van der Waals surface area contributed by atoms with E-state index in [1.54, 1.807) is 46.4 Å². The van der Waals surface area contributed by atoms with Gasteiger partial charge in [-0.05, 0) is 47.2 Å². The topological polar surface area (TPSA) is 62.5 Å². The molecular formula is C15H17IN2O4. The van der Waals surface area contributed by atoms with Crippen LogP contribution in [0.3, 0.4) is 0 Å². The van der Waals surface area contributed by atoms with Gasteiger partial charge in [-0.3, -0.25) is 13.9 Å². The summed E-state index contributed by atoms with van der Waals surface area (Å²) >= 11 is 2.00. The van der Waals surface area contributed by atoms with Crippen molar-refractivity contribution >= 4 is 22.6 Å². The van der Waals surface area contributed by atoms with Gasteiger partial charge in [0.2, 0.25) is 0 Å². The zero-order valence-corrected chi connectivity index (χ0v) is 15.0. The van der Waals surface area contributed by atoms with Crippen molar-refractivity contribution in [1.82, 2.24) is 9.13 Å². The van der Waals surface area contributed by atoms with E-state index in [4.69, 9.17) is 9.47 Å². The van der Waals surface area contributed by atoms with Crippen LogP contribution in [0.25, 0.3) is 0 Å². The largest absolute Gasteiger partial charge is 0.493 e. The molecule has 0 N–H and O–H groups in total. The van der Waals surface area contributed by atoms with E-state index in [-0.39, 0.29) is 17.8 Å². The number of rotatable bonds is 4. The van der Waals surface area contributed by atoms with Crippen molar-refractivity contribution in [2.45, 2.75) is 13.5 Å². The van der Waals surface area contributed by atoms with Crippen LogP contribution in [0.4, 0.5) is 0 Å². The Kier molecular flexibility index (Phi) is 4.94. The second-order valence-electron chi connectivity index (χ2n) is 4.84. The maximum absolute atomic E-state index is 12.3. The van der Waals surface area contributed by atoms with E-state index in [1.165, 1.54) is 9.13 Å². The molecule has 118 valence electrons. The summed E-state index contributed by atoms with van der Waals surface area (Å²) in [6.07, 6.45) is 0. The molecule has 0 spiro atoms. The summed E-state index contributed by atoms with van der Waals surface area (Å²) < 4.78 is 13.8. The van der Waals surface area contributed by atoms with Crippen LogP contribution in [-0.2, 0) is 13.6 Å². The fourth-order valence-electron chi connectivity index (χ4n) is 2.20. The third-order valence-electron chi connectivity index (χ3n) is 3.48. The average molecular weight is 416 g/mol. The monoisotopic (exact) mass is 416 g/mol. The zero-order valence-electron chi connectivity index (χ0n) is 12.8. The predicted octanol–water partition coefficient (Wildman–Crippen LogP) is 1.53. The molecule has 0 unspecified atom stereocenters. The van der Waals surface area contributed by atoms with Gasteiger partial charge in [0.05, 0.1) is 24.5 Å². The van der Waals surface area contributed by atoms with Gasteiger partial charge in [-0.15, -0.1) is 0 Å². The molecular weight excluding hydrogens is 399 g/mol. The van der Waals surface area contributed by atoms with Crippen molar-refractivity contribution in [2.24, 2.45) is 7.05 Å². The van der Waals surface area contributed by atoms with Crippen LogP contribution >= 0.6 is 22.6 Å². The van der Waals surface area contributed by atoms with Crippen LogP contribution in [0.1, 0.15) is 11.1 Å². The molecule has 0 aliphatic carbocycles. The lowest BCUT2D eigenvalue weighted by atomic mass is 10.2. The highest BCUT2D eigenvalue weighted by Gasteiger charge is 2.13. The van der Waals surface area contributed by atoms with Gasteiger partial charge in [-0.2, -0.15) is 0 Å². The average Bonchev–Trinajstić information content (AvgIpc) is 2.54. The normalized spacial score (nSPS) is 10.6. The summed E-state index contributed by atoms with van der Waals surface area (Å²) in [6, 6.07) is 5.32. The van der Waals surface area contributed by atoms with Gasteiger partial charge in [0.1, 0.15) is 0 Å². The molecule has 0 fully saturated rings. The van der Waals surface area contributed by atoms with E-state index in [1.807, 2.05) is 22.6 Å². The van der Waals surface area contributed by atoms with Crippen molar-refractivity contribution in [2.75, 3.05) is 14.2 Å². The third kappa shape index (κ3) is 2.90. The Hall–Kier alpha value is -1.77. The Morgan fingerprint density at radius 3 is 2.36 bits per heavy atom. The number of nitrogens with zero attached hydrogens (tertiary/aromatic N) is 2. The Labute approximate surface area is 141 Å². The van der Waals surface area contributed by atoms with Gasteiger partial charge < -0.3 is 9.47 Å². The molecule has 0 radical (unpaired) electrons. The molecule has 0 bridgehead atoms. The minimum Gasteiger partial charge on any atom is -0.493 e. The first kappa shape index (κ1) is 16.6. The fraction of sp³-hybridized carbons (Fsp3) is 0.333. The highest BCUT2D eigenvalue weighted by molar-refractivity contribution is 14.1. The Morgan fingerprint density at radius 2 is 1.77 bits per heavy atom. The number of ether oxygens (including phenoxy) is 2. The smallest absolute Gasteiger partial charge is 0.331 e. The van der Waals surface area contributed by atoms with Gasteiger partial charge in [0.15, 0.2) is 11.5 Å². The minimum absolute atomic E-state index is 0.184. The van der Waals surface area contributed by atoms with E-state index in [0.717, 1.165) is 5.56 Å². The van der Waals surface area contributed by atoms with Crippen LogP contribution < -0.4 is 20.7 Å². The predicted molar refractivity (Wildman–Crippen MR) is 92.0 cm³/mol. The van der Waals surface area contributed by atoms with Gasteiger partial charge in [0.25, 0.3) is 5.56 Å². The minimum atomic E-state index is -0.338. The van der Waals surface area contributed by atoms with Crippen LogP contribution in [0.5, 0.6) is 11.5 Å². The lowest BCUT2D eigenvalue weighted by Crippen LogP contribution is -2.41. The van der Waals surface area contributed by atoms with E-state index in [9.17, 15) is 9.59 Å². The molecule has 0 saturated heterocycles. The fourth-order valence-corrected chi connectivity index (χ4v) is 2.63. The molecule has 1 aromatic carbocycles. The number of halogens is 1. The molecule has 22 heavy (non-hydrogen) atoms. The molecule has 0 aliphatic rings. The Bertz CT molecular complexity index is 786.